The van der Waals surface area contributed by atoms with Gasteiger partial charge in [-0.2, -0.15) is 0 Å². The highest BCUT2D eigenvalue weighted by atomic mass is 16.5. The van der Waals surface area contributed by atoms with Gasteiger partial charge in [0.05, 0.1) is 19.3 Å². The molecule has 0 aliphatic heterocycles. The van der Waals surface area contributed by atoms with Gasteiger partial charge in [-0.05, 0) is 57.4 Å². The molecule has 0 aromatic heterocycles. The Morgan fingerprint density at radius 3 is 2.48 bits per heavy atom. The molecule has 0 amide bonds. The van der Waals surface area contributed by atoms with Crippen LogP contribution in [0.5, 0.6) is 11.5 Å². The predicted octanol–water partition coefficient (Wildman–Crippen LogP) is 3.17. The number of hydrogen-bond acceptors (Lipinski definition) is 4. The lowest BCUT2D eigenvalue weighted by Gasteiger charge is -2.20. The summed E-state index contributed by atoms with van der Waals surface area (Å²) in [5.74, 6) is 1.68. The van der Waals surface area contributed by atoms with Gasteiger partial charge in [-0.15, -0.1) is 0 Å². The molecule has 1 rings (SSSR count). The van der Waals surface area contributed by atoms with E-state index in [0.29, 0.717) is 13.2 Å². The number of nitrogens with two attached hydrogens (primary N) is 1. The third-order valence-electron chi connectivity index (χ3n) is 3.15. The highest BCUT2D eigenvalue weighted by Crippen LogP contribution is 2.25. The Labute approximate surface area is 128 Å². The molecule has 0 spiro atoms. The molecule has 0 saturated heterocycles. The van der Waals surface area contributed by atoms with Crippen LogP contribution >= 0.6 is 0 Å². The van der Waals surface area contributed by atoms with Crippen molar-refractivity contribution in [3.63, 3.8) is 0 Å². The van der Waals surface area contributed by atoms with Crippen LogP contribution in [0, 0.1) is 0 Å². The van der Waals surface area contributed by atoms with Gasteiger partial charge >= 0.3 is 0 Å². The lowest BCUT2D eigenvalue weighted by atomic mass is 10.0. The van der Waals surface area contributed by atoms with Crippen LogP contribution < -0.4 is 15.2 Å². The highest BCUT2D eigenvalue weighted by Gasteiger charge is 2.12. The van der Waals surface area contributed by atoms with Crippen molar-refractivity contribution in [2.75, 3.05) is 20.3 Å². The molecule has 1 atom stereocenters. The van der Waals surface area contributed by atoms with Crippen molar-refractivity contribution in [3.8, 4) is 11.5 Å². The predicted molar refractivity (Wildman–Crippen MR) is 86.2 cm³/mol. The fourth-order valence-corrected chi connectivity index (χ4v) is 1.91. The third-order valence-corrected chi connectivity index (χ3v) is 3.15. The summed E-state index contributed by atoms with van der Waals surface area (Å²) < 4.78 is 16.8. The average Bonchev–Trinajstić information content (AvgIpc) is 2.43. The molecule has 4 heteroatoms. The Morgan fingerprint density at radius 1 is 1.19 bits per heavy atom. The summed E-state index contributed by atoms with van der Waals surface area (Å²) in [5.41, 5.74) is 7.00. The van der Waals surface area contributed by atoms with Crippen LogP contribution in [0.25, 0.3) is 0 Å². The largest absolute Gasteiger partial charge is 0.497 e. The van der Waals surface area contributed by atoms with E-state index in [1.807, 2.05) is 39.0 Å². The molecule has 1 aromatic rings. The zero-order valence-electron chi connectivity index (χ0n) is 13.9. The Bertz CT molecular complexity index is 427. The molecule has 21 heavy (non-hydrogen) atoms. The average molecular weight is 295 g/mol. The van der Waals surface area contributed by atoms with Crippen LogP contribution in [0.15, 0.2) is 18.2 Å². The van der Waals surface area contributed by atoms with E-state index in [9.17, 15) is 0 Å². The molecular weight excluding hydrogens is 266 g/mol. The van der Waals surface area contributed by atoms with Gasteiger partial charge in [0.2, 0.25) is 0 Å². The first kappa shape index (κ1) is 17.8. The number of methoxy groups -OCH3 is 1. The van der Waals surface area contributed by atoms with Gasteiger partial charge in [0.25, 0.3) is 0 Å². The standard InChI is InChI=1S/C17H29NO3/c1-6-14(18)11-13-12-15(19-5)7-8-16(13)20-9-10-21-17(2,3)4/h7-8,12,14H,6,9-11,18H2,1-5H3. The number of hydrogen-bond donors (Lipinski definition) is 1. The lowest BCUT2D eigenvalue weighted by molar-refractivity contribution is -0.0164. The van der Waals surface area contributed by atoms with Gasteiger partial charge in [-0.25, -0.2) is 0 Å². The van der Waals surface area contributed by atoms with E-state index in [-0.39, 0.29) is 11.6 Å². The summed E-state index contributed by atoms with van der Waals surface area (Å²) in [6.45, 7) is 9.28. The van der Waals surface area contributed by atoms with Crippen LogP contribution in [0.4, 0.5) is 0 Å². The Balaban J connectivity index is 2.66. The second kappa shape index (κ2) is 8.25. The minimum absolute atomic E-state index is 0.130. The molecule has 1 unspecified atom stereocenters. The minimum atomic E-state index is -0.142. The van der Waals surface area contributed by atoms with Crippen LogP contribution in [0.2, 0.25) is 0 Å². The molecule has 120 valence electrons. The van der Waals surface area contributed by atoms with E-state index in [4.69, 9.17) is 19.9 Å². The fourth-order valence-electron chi connectivity index (χ4n) is 1.91. The number of benzene rings is 1. The summed E-state index contributed by atoms with van der Waals surface area (Å²) in [4.78, 5) is 0. The Morgan fingerprint density at radius 2 is 1.90 bits per heavy atom. The first-order valence-electron chi connectivity index (χ1n) is 7.55. The van der Waals surface area contributed by atoms with Crippen molar-refractivity contribution in [2.24, 2.45) is 5.73 Å². The number of rotatable bonds is 8. The molecule has 4 nitrogen and oxygen atoms in total. The van der Waals surface area contributed by atoms with E-state index in [0.717, 1.165) is 29.9 Å². The van der Waals surface area contributed by atoms with Gasteiger partial charge in [0.1, 0.15) is 18.1 Å². The molecule has 0 saturated carbocycles. The van der Waals surface area contributed by atoms with Crippen molar-refractivity contribution >= 4 is 0 Å². The highest BCUT2D eigenvalue weighted by molar-refractivity contribution is 5.40. The maximum atomic E-state index is 6.06. The van der Waals surface area contributed by atoms with Crippen molar-refractivity contribution in [1.29, 1.82) is 0 Å². The Kier molecular flexibility index (Phi) is 6.99. The molecule has 0 bridgehead atoms. The summed E-state index contributed by atoms with van der Waals surface area (Å²) in [5, 5.41) is 0. The van der Waals surface area contributed by atoms with Gasteiger partial charge in [-0.1, -0.05) is 6.92 Å². The molecule has 0 aliphatic rings. The normalized spacial score (nSPS) is 13.0. The monoisotopic (exact) mass is 295 g/mol. The van der Waals surface area contributed by atoms with Gasteiger partial charge in [0.15, 0.2) is 0 Å². The van der Waals surface area contributed by atoms with Crippen LogP contribution in [0.1, 0.15) is 39.7 Å². The number of ether oxygens (including phenoxy) is 3. The topological polar surface area (TPSA) is 53.7 Å². The summed E-state index contributed by atoms with van der Waals surface area (Å²) in [6, 6.07) is 5.97. The van der Waals surface area contributed by atoms with E-state index in [1.54, 1.807) is 7.11 Å². The first-order chi connectivity index (χ1) is 9.85. The smallest absolute Gasteiger partial charge is 0.122 e. The van der Waals surface area contributed by atoms with Crippen molar-refractivity contribution in [3.05, 3.63) is 23.8 Å². The van der Waals surface area contributed by atoms with E-state index in [1.165, 1.54) is 0 Å². The van der Waals surface area contributed by atoms with Crippen LogP contribution in [0.3, 0.4) is 0 Å². The lowest BCUT2D eigenvalue weighted by Crippen LogP contribution is -2.23. The summed E-state index contributed by atoms with van der Waals surface area (Å²) in [6.07, 6.45) is 1.72. The van der Waals surface area contributed by atoms with E-state index in [2.05, 4.69) is 6.92 Å². The first-order valence-corrected chi connectivity index (χ1v) is 7.55. The van der Waals surface area contributed by atoms with Crippen molar-refractivity contribution < 1.29 is 14.2 Å². The summed E-state index contributed by atoms with van der Waals surface area (Å²) in [7, 11) is 1.66. The van der Waals surface area contributed by atoms with Gasteiger partial charge in [0, 0.05) is 6.04 Å². The molecule has 1 aromatic carbocycles. The molecular formula is C17H29NO3. The van der Waals surface area contributed by atoms with Crippen molar-refractivity contribution in [1.82, 2.24) is 0 Å². The Hall–Kier alpha value is -1.26. The molecule has 2 N–H and O–H groups in total. The minimum Gasteiger partial charge on any atom is -0.497 e. The molecule has 0 heterocycles. The third kappa shape index (κ3) is 6.82. The zero-order chi connectivity index (χ0) is 15.9. The van der Waals surface area contributed by atoms with Gasteiger partial charge in [-0.3, -0.25) is 0 Å². The van der Waals surface area contributed by atoms with E-state index >= 15 is 0 Å². The molecule has 0 aliphatic carbocycles. The maximum Gasteiger partial charge on any atom is 0.122 e. The van der Waals surface area contributed by atoms with Crippen LogP contribution in [-0.4, -0.2) is 32.0 Å². The summed E-state index contributed by atoms with van der Waals surface area (Å²) >= 11 is 0. The maximum absolute atomic E-state index is 6.06. The second-order valence-electron chi connectivity index (χ2n) is 6.16. The van der Waals surface area contributed by atoms with Gasteiger partial charge < -0.3 is 19.9 Å². The van der Waals surface area contributed by atoms with E-state index < -0.39 is 0 Å². The molecule has 0 radical (unpaired) electrons. The quantitative estimate of drug-likeness (QED) is 0.748. The molecule has 0 fully saturated rings. The van der Waals surface area contributed by atoms with Crippen LogP contribution in [-0.2, 0) is 11.2 Å². The SMILES string of the molecule is CCC(N)Cc1cc(OC)ccc1OCCOC(C)(C)C. The second-order valence-corrected chi connectivity index (χ2v) is 6.16. The fraction of sp³-hybridized carbons (Fsp3) is 0.647. The zero-order valence-corrected chi connectivity index (χ0v) is 13.9. The van der Waals surface area contributed by atoms with Crippen molar-refractivity contribution in [2.45, 2.75) is 52.2 Å².